The number of para-hydroxylation sites is 1. The number of amides is 2. The summed E-state index contributed by atoms with van der Waals surface area (Å²) < 4.78 is 37.0. The number of halogens is 3. The Balaban J connectivity index is 2.14. The molecule has 0 heterocycles. The van der Waals surface area contributed by atoms with Crippen LogP contribution in [0.2, 0.25) is 0 Å². The largest absolute Gasteiger partial charge is 0.507 e. The lowest BCUT2D eigenvalue weighted by Crippen LogP contribution is -2.29. The van der Waals surface area contributed by atoms with Crippen molar-refractivity contribution in [2.24, 2.45) is 5.10 Å². The van der Waals surface area contributed by atoms with Crippen LogP contribution in [0.15, 0.2) is 47.6 Å². The minimum Gasteiger partial charge on any atom is -0.507 e. The van der Waals surface area contributed by atoms with Crippen LogP contribution in [0.5, 0.6) is 5.75 Å². The van der Waals surface area contributed by atoms with Gasteiger partial charge >= 0.3 is 12.1 Å². The molecule has 2 rings (SSSR count). The number of alkyl halides is 3. The number of hydrogen-bond donors (Lipinski definition) is 3. The fourth-order valence-electron chi connectivity index (χ4n) is 2.13. The van der Waals surface area contributed by atoms with Crippen LogP contribution >= 0.6 is 0 Å². The summed E-state index contributed by atoms with van der Waals surface area (Å²) in [5.41, 5.74) is 3.46. The summed E-state index contributed by atoms with van der Waals surface area (Å²) in [4.78, 5) is 23.1. The second kappa shape index (κ2) is 7.90. The predicted molar refractivity (Wildman–Crippen MR) is 93.6 cm³/mol. The molecule has 6 nitrogen and oxygen atoms in total. The Morgan fingerprint density at radius 2 is 1.78 bits per heavy atom. The number of nitrogens with one attached hydrogen (secondary N) is 2. The van der Waals surface area contributed by atoms with E-state index < -0.39 is 18.0 Å². The third-order valence-corrected chi connectivity index (χ3v) is 3.60. The molecule has 0 fully saturated rings. The van der Waals surface area contributed by atoms with Crippen LogP contribution in [0.4, 0.5) is 18.9 Å². The second-order valence-corrected chi connectivity index (χ2v) is 5.64. The highest BCUT2D eigenvalue weighted by atomic mass is 19.4. The van der Waals surface area contributed by atoms with Crippen molar-refractivity contribution in [3.8, 4) is 5.75 Å². The number of phenolic OH excluding ortho intramolecular Hbond substituents is 1. The molecule has 0 radical (unpaired) electrons. The Morgan fingerprint density at radius 1 is 1.11 bits per heavy atom. The average molecular weight is 379 g/mol. The predicted octanol–water partition coefficient (Wildman–Crippen LogP) is 3.36. The number of aryl methyl sites for hydroxylation is 1. The van der Waals surface area contributed by atoms with E-state index in [9.17, 15) is 27.9 Å². The smallest absolute Gasteiger partial charge is 0.471 e. The van der Waals surface area contributed by atoms with Crippen LogP contribution in [-0.2, 0) is 4.79 Å². The van der Waals surface area contributed by atoms with Crippen molar-refractivity contribution in [2.45, 2.75) is 20.0 Å². The standard InChI is InChI=1S/C18H16F3N3O3/c1-10-5-3-8-14(15(10)25)16(26)24-23-11(2)12-6-4-7-13(9-12)22-17(27)18(19,20)21/h3-9,25H,1-2H3,(H,22,27)(H,24,26)/b23-11-. The van der Waals surface area contributed by atoms with E-state index in [0.29, 0.717) is 16.8 Å². The van der Waals surface area contributed by atoms with Gasteiger partial charge in [-0.05, 0) is 43.2 Å². The van der Waals surface area contributed by atoms with E-state index in [1.165, 1.54) is 31.2 Å². The molecule has 0 aliphatic carbocycles. The number of benzene rings is 2. The first-order chi connectivity index (χ1) is 12.6. The molecule has 0 spiro atoms. The summed E-state index contributed by atoms with van der Waals surface area (Å²) in [5.74, 6) is -2.89. The van der Waals surface area contributed by atoms with Crippen LogP contribution in [0.1, 0.15) is 28.4 Å². The molecular weight excluding hydrogens is 363 g/mol. The summed E-state index contributed by atoms with van der Waals surface area (Å²) in [6, 6.07) is 10.2. The van der Waals surface area contributed by atoms with E-state index >= 15 is 0 Å². The maximum Gasteiger partial charge on any atom is 0.471 e. The number of phenols is 1. The Hall–Kier alpha value is -3.36. The van der Waals surface area contributed by atoms with Crippen LogP contribution < -0.4 is 10.7 Å². The van der Waals surface area contributed by atoms with E-state index in [1.807, 2.05) is 0 Å². The molecule has 2 aromatic carbocycles. The van der Waals surface area contributed by atoms with Gasteiger partial charge in [-0.2, -0.15) is 18.3 Å². The lowest BCUT2D eigenvalue weighted by atomic mass is 10.1. The van der Waals surface area contributed by atoms with Crippen LogP contribution in [0.25, 0.3) is 0 Å². The van der Waals surface area contributed by atoms with Gasteiger partial charge in [0, 0.05) is 5.69 Å². The highest BCUT2D eigenvalue weighted by molar-refractivity contribution is 6.03. The molecule has 0 saturated heterocycles. The van der Waals surface area contributed by atoms with Crippen molar-refractivity contribution in [3.05, 3.63) is 59.2 Å². The fourth-order valence-corrected chi connectivity index (χ4v) is 2.13. The molecule has 2 amide bonds. The summed E-state index contributed by atoms with van der Waals surface area (Å²) in [6.07, 6.45) is -5.00. The summed E-state index contributed by atoms with van der Waals surface area (Å²) in [5, 5.41) is 15.5. The van der Waals surface area contributed by atoms with Gasteiger partial charge < -0.3 is 10.4 Å². The first-order valence-electron chi connectivity index (χ1n) is 7.71. The monoisotopic (exact) mass is 379 g/mol. The van der Waals surface area contributed by atoms with Gasteiger partial charge in [-0.3, -0.25) is 9.59 Å². The maximum absolute atomic E-state index is 12.3. The first kappa shape index (κ1) is 20.0. The Morgan fingerprint density at radius 3 is 2.44 bits per heavy atom. The van der Waals surface area contributed by atoms with E-state index in [4.69, 9.17) is 0 Å². The number of carbonyl (C=O) groups is 2. The van der Waals surface area contributed by atoms with E-state index in [2.05, 4.69) is 10.5 Å². The van der Waals surface area contributed by atoms with Crippen LogP contribution in [0, 0.1) is 6.92 Å². The Labute approximate surface area is 152 Å². The van der Waals surface area contributed by atoms with Gasteiger partial charge in [0.2, 0.25) is 0 Å². The highest BCUT2D eigenvalue weighted by Crippen LogP contribution is 2.21. The molecule has 0 atom stereocenters. The van der Waals surface area contributed by atoms with Gasteiger partial charge in [0.15, 0.2) is 0 Å². The van der Waals surface area contributed by atoms with Crippen LogP contribution in [0.3, 0.4) is 0 Å². The summed E-state index contributed by atoms with van der Waals surface area (Å²) in [7, 11) is 0. The molecule has 0 saturated carbocycles. The van der Waals surface area contributed by atoms with Gasteiger partial charge in [-0.25, -0.2) is 5.43 Å². The van der Waals surface area contributed by atoms with E-state index in [1.54, 1.807) is 30.4 Å². The number of anilines is 1. The molecule has 0 aromatic heterocycles. The van der Waals surface area contributed by atoms with Crippen molar-refractivity contribution in [1.29, 1.82) is 0 Å². The number of carbonyl (C=O) groups excluding carboxylic acids is 2. The van der Waals surface area contributed by atoms with Crippen LogP contribution in [-0.4, -0.2) is 28.8 Å². The lowest BCUT2D eigenvalue weighted by Gasteiger charge is -2.09. The second-order valence-electron chi connectivity index (χ2n) is 5.64. The molecule has 142 valence electrons. The number of nitrogens with zero attached hydrogens (tertiary/aromatic N) is 1. The molecule has 27 heavy (non-hydrogen) atoms. The zero-order valence-electron chi connectivity index (χ0n) is 14.4. The van der Waals surface area contributed by atoms with Gasteiger partial charge in [-0.1, -0.05) is 24.3 Å². The molecule has 0 aliphatic heterocycles. The van der Waals surface area contributed by atoms with E-state index in [0.717, 1.165) is 0 Å². The molecule has 0 aliphatic rings. The van der Waals surface area contributed by atoms with Crippen molar-refractivity contribution < 1.29 is 27.9 Å². The Kier molecular flexibility index (Phi) is 5.84. The molecular formula is C18H16F3N3O3. The number of aromatic hydroxyl groups is 1. The van der Waals surface area contributed by atoms with Gasteiger partial charge in [0.1, 0.15) is 5.75 Å². The van der Waals surface area contributed by atoms with Gasteiger partial charge in [0.05, 0.1) is 11.3 Å². The minimum absolute atomic E-state index is 0.0396. The van der Waals surface area contributed by atoms with Gasteiger partial charge in [0.25, 0.3) is 5.91 Å². The zero-order valence-corrected chi connectivity index (χ0v) is 14.4. The fraction of sp³-hybridized carbons (Fsp3) is 0.167. The third kappa shape index (κ3) is 5.06. The normalized spacial score (nSPS) is 11.8. The molecule has 3 N–H and O–H groups in total. The van der Waals surface area contributed by atoms with Gasteiger partial charge in [-0.15, -0.1) is 0 Å². The summed E-state index contributed by atoms with van der Waals surface area (Å²) in [6.45, 7) is 3.17. The number of hydrazone groups is 1. The highest BCUT2D eigenvalue weighted by Gasteiger charge is 2.38. The van der Waals surface area contributed by atoms with Crippen molar-refractivity contribution in [3.63, 3.8) is 0 Å². The maximum atomic E-state index is 12.3. The van der Waals surface area contributed by atoms with Crippen molar-refractivity contribution in [1.82, 2.24) is 5.43 Å². The third-order valence-electron chi connectivity index (χ3n) is 3.60. The summed E-state index contributed by atoms with van der Waals surface area (Å²) >= 11 is 0. The molecule has 0 bridgehead atoms. The first-order valence-corrected chi connectivity index (χ1v) is 7.71. The topological polar surface area (TPSA) is 90.8 Å². The van der Waals surface area contributed by atoms with Crippen molar-refractivity contribution in [2.75, 3.05) is 5.32 Å². The number of hydrogen-bond acceptors (Lipinski definition) is 4. The quantitative estimate of drug-likeness (QED) is 0.562. The Bertz CT molecular complexity index is 908. The SMILES string of the molecule is C/C(=N/NC(=O)c1cccc(C)c1O)c1cccc(NC(=O)C(F)(F)F)c1. The molecule has 0 unspecified atom stereocenters. The average Bonchev–Trinajstić information content (AvgIpc) is 2.61. The lowest BCUT2D eigenvalue weighted by molar-refractivity contribution is -0.167. The minimum atomic E-state index is -5.00. The van der Waals surface area contributed by atoms with E-state index in [-0.39, 0.29) is 17.0 Å². The zero-order chi connectivity index (χ0) is 20.2. The molecule has 2 aromatic rings. The van der Waals surface area contributed by atoms with Crippen molar-refractivity contribution >= 4 is 23.2 Å². The molecule has 9 heteroatoms. The number of rotatable bonds is 4.